The monoisotopic (exact) mass is 431 g/mol. The van der Waals surface area contributed by atoms with Gasteiger partial charge in [-0.3, -0.25) is 10.1 Å². The molecule has 152 valence electrons. The SMILES string of the molecule is O=C(Nc1nccs1)c1cc2ccc(O)cc2oc1=Nc1cccc(C(F)(F)F)c1. The highest BCUT2D eigenvalue weighted by Crippen LogP contribution is 2.31. The van der Waals surface area contributed by atoms with Crippen LogP contribution in [-0.4, -0.2) is 16.0 Å². The van der Waals surface area contributed by atoms with E-state index in [4.69, 9.17) is 4.42 Å². The van der Waals surface area contributed by atoms with Crippen molar-refractivity contribution < 1.29 is 27.5 Å². The predicted octanol–water partition coefficient (Wildman–Crippen LogP) is 5.10. The second-order valence-corrected chi connectivity index (χ2v) is 7.03. The smallest absolute Gasteiger partial charge is 0.416 e. The standard InChI is InChI=1S/C20H12F3N3O3S/c21-20(22,23)12-2-1-3-13(9-12)25-18-15(17(28)26-19-24-6-7-30-19)8-11-4-5-14(27)10-16(11)29-18/h1-10,27H,(H,24,26,28). The van der Waals surface area contributed by atoms with Crippen LogP contribution < -0.4 is 10.9 Å². The molecule has 0 saturated heterocycles. The predicted molar refractivity (Wildman–Crippen MR) is 105 cm³/mol. The van der Waals surface area contributed by atoms with Crippen molar-refractivity contribution in [3.8, 4) is 5.75 Å². The molecule has 10 heteroatoms. The van der Waals surface area contributed by atoms with E-state index in [2.05, 4.69) is 15.3 Å². The van der Waals surface area contributed by atoms with Crippen LogP contribution in [0.4, 0.5) is 24.0 Å². The summed E-state index contributed by atoms with van der Waals surface area (Å²) in [6, 6.07) is 10.1. The van der Waals surface area contributed by atoms with Gasteiger partial charge in [0.1, 0.15) is 16.9 Å². The first-order valence-electron chi connectivity index (χ1n) is 8.49. The number of aromatic hydroxyl groups is 1. The summed E-state index contributed by atoms with van der Waals surface area (Å²) in [4.78, 5) is 20.9. The van der Waals surface area contributed by atoms with E-state index in [1.54, 1.807) is 11.4 Å². The number of carbonyl (C=O) groups excluding carboxylic acids is 1. The quantitative estimate of drug-likeness (QED) is 0.473. The van der Waals surface area contributed by atoms with Crippen LogP contribution in [0, 0.1) is 0 Å². The number of nitrogens with zero attached hydrogens (tertiary/aromatic N) is 2. The third-order valence-electron chi connectivity index (χ3n) is 4.04. The summed E-state index contributed by atoms with van der Waals surface area (Å²) in [6.07, 6.45) is -3.02. The summed E-state index contributed by atoms with van der Waals surface area (Å²) in [5.41, 5.74) is -0.916. The van der Waals surface area contributed by atoms with Gasteiger partial charge in [-0.2, -0.15) is 13.2 Å². The molecule has 0 aliphatic rings. The molecule has 4 aromatic rings. The van der Waals surface area contributed by atoms with Crippen molar-refractivity contribution in [2.24, 2.45) is 4.99 Å². The molecule has 0 radical (unpaired) electrons. The van der Waals surface area contributed by atoms with Gasteiger partial charge in [0.05, 0.1) is 11.3 Å². The van der Waals surface area contributed by atoms with Crippen molar-refractivity contribution in [2.75, 3.05) is 5.32 Å². The molecule has 2 aromatic heterocycles. The highest BCUT2D eigenvalue weighted by molar-refractivity contribution is 7.13. The van der Waals surface area contributed by atoms with Crippen LogP contribution in [-0.2, 0) is 6.18 Å². The van der Waals surface area contributed by atoms with Gasteiger partial charge in [-0.25, -0.2) is 9.98 Å². The first kappa shape index (κ1) is 19.6. The Labute approximate surface area is 171 Å². The number of halogens is 3. The topological polar surface area (TPSA) is 87.7 Å². The number of hydrogen-bond donors (Lipinski definition) is 2. The molecule has 0 fully saturated rings. The zero-order chi connectivity index (χ0) is 21.3. The Balaban J connectivity index is 1.88. The van der Waals surface area contributed by atoms with E-state index >= 15 is 0 Å². The van der Waals surface area contributed by atoms with Gasteiger partial charge < -0.3 is 9.52 Å². The minimum Gasteiger partial charge on any atom is -0.508 e. The molecule has 0 saturated carbocycles. The number of phenolic OH excluding ortho intramolecular Hbond substituents is 1. The Hall–Kier alpha value is -3.66. The van der Waals surface area contributed by atoms with Crippen molar-refractivity contribution in [1.29, 1.82) is 0 Å². The van der Waals surface area contributed by atoms with Crippen LogP contribution in [0.3, 0.4) is 0 Å². The van der Waals surface area contributed by atoms with E-state index in [0.29, 0.717) is 10.5 Å². The molecular formula is C20H12F3N3O3S. The normalized spacial score (nSPS) is 12.3. The molecule has 0 atom stereocenters. The van der Waals surface area contributed by atoms with Crippen LogP contribution in [0.5, 0.6) is 5.75 Å². The fraction of sp³-hybridized carbons (Fsp3) is 0.0500. The maximum absolute atomic E-state index is 13.0. The number of amides is 1. The summed E-state index contributed by atoms with van der Waals surface area (Å²) in [5, 5.41) is 14.8. The van der Waals surface area contributed by atoms with Gasteiger partial charge in [0.25, 0.3) is 5.91 Å². The summed E-state index contributed by atoms with van der Waals surface area (Å²) in [5.74, 6) is -0.661. The van der Waals surface area contributed by atoms with Crippen molar-refractivity contribution in [3.63, 3.8) is 0 Å². The van der Waals surface area contributed by atoms with Gasteiger partial charge in [-0.1, -0.05) is 6.07 Å². The van der Waals surface area contributed by atoms with Crippen LogP contribution in [0.2, 0.25) is 0 Å². The number of fused-ring (bicyclic) bond motifs is 1. The highest BCUT2D eigenvalue weighted by Gasteiger charge is 2.30. The van der Waals surface area contributed by atoms with Gasteiger partial charge in [0, 0.05) is 23.0 Å². The number of thiazole rings is 1. The van der Waals surface area contributed by atoms with E-state index in [0.717, 1.165) is 12.1 Å². The molecule has 30 heavy (non-hydrogen) atoms. The number of phenols is 1. The molecule has 6 nitrogen and oxygen atoms in total. The molecule has 4 rings (SSSR count). The molecule has 0 aliphatic heterocycles. The zero-order valence-corrected chi connectivity index (χ0v) is 15.8. The number of nitrogens with one attached hydrogen (secondary N) is 1. The Kier molecular flexibility index (Phi) is 5.00. The van der Waals surface area contributed by atoms with Gasteiger partial charge in [0.2, 0.25) is 5.55 Å². The van der Waals surface area contributed by atoms with Crippen molar-refractivity contribution in [1.82, 2.24) is 4.98 Å². The highest BCUT2D eigenvalue weighted by atomic mass is 32.1. The lowest BCUT2D eigenvalue weighted by molar-refractivity contribution is -0.137. The number of benzene rings is 2. The first-order chi connectivity index (χ1) is 14.3. The number of anilines is 1. The summed E-state index contributed by atoms with van der Waals surface area (Å²) in [6.45, 7) is 0. The number of hydrogen-bond acceptors (Lipinski definition) is 6. The van der Waals surface area contributed by atoms with Crippen LogP contribution in [0.15, 0.2) is 69.5 Å². The lowest BCUT2D eigenvalue weighted by atomic mass is 10.1. The maximum Gasteiger partial charge on any atom is 0.416 e. The minimum atomic E-state index is -4.54. The zero-order valence-electron chi connectivity index (χ0n) is 15.0. The molecule has 2 N–H and O–H groups in total. The average molecular weight is 431 g/mol. The lowest BCUT2D eigenvalue weighted by Gasteiger charge is -2.07. The van der Waals surface area contributed by atoms with Gasteiger partial charge in [-0.05, 0) is 36.4 Å². The van der Waals surface area contributed by atoms with Gasteiger partial charge in [0.15, 0.2) is 5.13 Å². The summed E-state index contributed by atoms with van der Waals surface area (Å²) < 4.78 is 44.7. The van der Waals surface area contributed by atoms with E-state index in [9.17, 15) is 23.1 Å². The minimum absolute atomic E-state index is 0.000742. The fourth-order valence-corrected chi connectivity index (χ4v) is 3.20. The molecule has 0 aliphatic carbocycles. The molecule has 0 spiro atoms. The number of alkyl halides is 3. The lowest BCUT2D eigenvalue weighted by Crippen LogP contribution is -2.21. The van der Waals surface area contributed by atoms with Crippen LogP contribution in [0.1, 0.15) is 15.9 Å². The van der Waals surface area contributed by atoms with Gasteiger partial charge in [-0.15, -0.1) is 11.3 Å². The molecule has 2 aromatic carbocycles. The largest absolute Gasteiger partial charge is 0.508 e. The average Bonchev–Trinajstić information content (AvgIpc) is 3.20. The number of aromatic nitrogens is 1. The van der Waals surface area contributed by atoms with Crippen LogP contribution in [0.25, 0.3) is 11.0 Å². The Morgan fingerprint density at radius 2 is 2.00 bits per heavy atom. The summed E-state index contributed by atoms with van der Waals surface area (Å²) >= 11 is 1.20. The van der Waals surface area contributed by atoms with E-state index in [1.165, 1.54) is 47.9 Å². The molecular weight excluding hydrogens is 419 g/mol. The number of rotatable bonds is 3. The van der Waals surface area contributed by atoms with Crippen molar-refractivity contribution in [3.05, 3.63) is 76.8 Å². The molecule has 0 bridgehead atoms. The van der Waals surface area contributed by atoms with E-state index in [1.807, 2.05) is 0 Å². The van der Waals surface area contributed by atoms with Crippen molar-refractivity contribution >= 4 is 39.0 Å². The van der Waals surface area contributed by atoms with E-state index in [-0.39, 0.29) is 28.1 Å². The van der Waals surface area contributed by atoms with E-state index < -0.39 is 17.6 Å². The first-order valence-corrected chi connectivity index (χ1v) is 9.37. The van der Waals surface area contributed by atoms with Gasteiger partial charge >= 0.3 is 6.18 Å². The second-order valence-electron chi connectivity index (χ2n) is 6.14. The molecule has 0 unspecified atom stereocenters. The second kappa shape index (κ2) is 7.64. The molecule has 2 heterocycles. The van der Waals surface area contributed by atoms with Crippen LogP contribution >= 0.6 is 11.3 Å². The fourth-order valence-electron chi connectivity index (χ4n) is 2.67. The molecule has 1 amide bonds. The summed E-state index contributed by atoms with van der Waals surface area (Å²) in [7, 11) is 0. The Bertz CT molecular complexity index is 1300. The maximum atomic E-state index is 13.0. The third-order valence-corrected chi connectivity index (χ3v) is 4.72. The Morgan fingerprint density at radius 3 is 2.73 bits per heavy atom. The third kappa shape index (κ3) is 4.18. The Morgan fingerprint density at radius 1 is 1.17 bits per heavy atom. The van der Waals surface area contributed by atoms with Crippen molar-refractivity contribution in [2.45, 2.75) is 6.18 Å². The number of carbonyl (C=O) groups is 1.